The van der Waals surface area contributed by atoms with Crippen LogP contribution >= 0.6 is 0 Å². The lowest BCUT2D eigenvalue weighted by atomic mass is 10.0. The molecule has 12 nitrogen and oxygen atoms in total. The van der Waals surface area contributed by atoms with Crippen LogP contribution in [0, 0.1) is 0 Å². The number of tetrazole rings is 1. The van der Waals surface area contributed by atoms with Crippen LogP contribution in [0.1, 0.15) is 36.7 Å². The van der Waals surface area contributed by atoms with Crippen LogP contribution in [-0.2, 0) is 25.7 Å². The molecule has 2 atom stereocenters. The highest BCUT2D eigenvalue weighted by atomic mass is 16.5. The van der Waals surface area contributed by atoms with Gasteiger partial charge in [-0.25, -0.2) is 4.79 Å². The Kier molecular flexibility index (Phi) is 7.03. The van der Waals surface area contributed by atoms with Crippen molar-refractivity contribution >= 4 is 23.7 Å². The maximum atomic E-state index is 12.8. The van der Waals surface area contributed by atoms with Crippen molar-refractivity contribution in [2.24, 2.45) is 0 Å². The van der Waals surface area contributed by atoms with E-state index in [1.807, 2.05) is 6.07 Å². The summed E-state index contributed by atoms with van der Waals surface area (Å²) in [5, 5.41) is 20.4. The molecule has 1 aromatic carbocycles. The number of Topliss-reactive ketones (excluding diaryl/α,β-unsaturated/α-hetero) is 1. The molecule has 4 N–H and O–H groups in total. The number of carbonyl (C=O) groups is 4. The fourth-order valence-corrected chi connectivity index (χ4v) is 2.87. The molecular weight excluding hydrogens is 394 g/mol. The monoisotopic (exact) mass is 415 g/mol. The number of ketones is 1. The third-order valence-corrected chi connectivity index (χ3v) is 4.42. The third-order valence-electron chi connectivity index (χ3n) is 4.42. The molecule has 1 aromatic heterocycles. The Bertz CT molecular complexity index is 888. The number of alkyl carbamates (subject to hydrolysis) is 1. The van der Waals surface area contributed by atoms with Gasteiger partial charge < -0.3 is 20.7 Å². The summed E-state index contributed by atoms with van der Waals surface area (Å²) in [5.74, 6) is -2.39. The predicted molar refractivity (Wildman–Crippen MR) is 100 cm³/mol. The number of aromatic nitrogens is 4. The summed E-state index contributed by atoms with van der Waals surface area (Å²) in [7, 11) is 0. The van der Waals surface area contributed by atoms with Gasteiger partial charge in [-0.3, -0.25) is 14.4 Å². The second-order valence-electron chi connectivity index (χ2n) is 6.59. The normalized spacial score (nSPS) is 17.8. The lowest BCUT2D eigenvalue weighted by Crippen LogP contribution is -2.52. The van der Waals surface area contributed by atoms with Gasteiger partial charge in [-0.05, 0) is 24.8 Å². The van der Waals surface area contributed by atoms with Gasteiger partial charge in [0.25, 0.3) is 11.8 Å². The van der Waals surface area contributed by atoms with Gasteiger partial charge in [0.05, 0.1) is 6.04 Å². The Hall–Kier alpha value is -3.83. The molecule has 1 saturated heterocycles. The molecule has 1 aliphatic heterocycles. The quantitative estimate of drug-likeness (QED) is 0.459. The highest BCUT2D eigenvalue weighted by Crippen LogP contribution is 2.11. The number of nitrogens with one attached hydrogen (secondary N) is 4. The summed E-state index contributed by atoms with van der Waals surface area (Å²) in [4.78, 5) is 49.0. The lowest BCUT2D eigenvalue weighted by Gasteiger charge is -2.22. The molecular formula is C18H21N7O5. The van der Waals surface area contributed by atoms with E-state index in [0.717, 1.165) is 5.56 Å². The van der Waals surface area contributed by atoms with E-state index in [-0.39, 0.29) is 12.4 Å². The highest BCUT2D eigenvalue weighted by Gasteiger charge is 2.33. The molecule has 2 unspecified atom stereocenters. The minimum atomic E-state index is -1.37. The van der Waals surface area contributed by atoms with Gasteiger partial charge in [-0.2, -0.15) is 5.21 Å². The number of aromatic amines is 1. The molecule has 30 heavy (non-hydrogen) atoms. The van der Waals surface area contributed by atoms with E-state index in [1.54, 1.807) is 24.3 Å². The van der Waals surface area contributed by atoms with Crippen molar-refractivity contribution in [1.29, 1.82) is 0 Å². The Labute approximate surface area is 171 Å². The summed E-state index contributed by atoms with van der Waals surface area (Å²) in [6.07, 6.45) is 0.737. The second-order valence-corrected chi connectivity index (χ2v) is 6.59. The summed E-state index contributed by atoms with van der Waals surface area (Å²) < 4.78 is 5.12. The molecule has 2 heterocycles. The van der Waals surface area contributed by atoms with Gasteiger partial charge in [0.2, 0.25) is 11.6 Å². The summed E-state index contributed by atoms with van der Waals surface area (Å²) in [6.45, 7) is 0.403. The molecule has 0 spiro atoms. The Balaban J connectivity index is 1.65. The number of hydrogen-bond donors (Lipinski definition) is 4. The van der Waals surface area contributed by atoms with Gasteiger partial charge >= 0.3 is 6.09 Å². The zero-order valence-corrected chi connectivity index (χ0v) is 16.0. The second kappa shape index (κ2) is 10.1. The molecule has 12 heteroatoms. The number of carbonyl (C=O) groups excluding carboxylic acids is 4. The van der Waals surface area contributed by atoms with Gasteiger partial charge in [-0.15, -0.1) is 10.2 Å². The fraction of sp³-hybridized carbons (Fsp3) is 0.389. The van der Waals surface area contributed by atoms with Crippen molar-refractivity contribution in [3.8, 4) is 0 Å². The number of rotatable bonds is 6. The molecule has 158 valence electrons. The van der Waals surface area contributed by atoms with E-state index in [2.05, 4.69) is 36.6 Å². The van der Waals surface area contributed by atoms with Crippen LogP contribution in [0.3, 0.4) is 0 Å². The van der Waals surface area contributed by atoms with Crippen molar-refractivity contribution in [2.75, 3.05) is 6.54 Å². The number of H-pyrrole nitrogens is 1. The number of nitrogens with zero attached hydrogens (tertiary/aromatic N) is 3. The molecule has 0 saturated carbocycles. The average Bonchev–Trinajstić information content (AvgIpc) is 3.28. The Morgan fingerprint density at radius 2 is 2.00 bits per heavy atom. The molecule has 2 aromatic rings. The SMILES string of the molecule is O=C(NC(C(=O)NC1CCCCNC(=O)C1=O)c1nn[nH]n1)OCc1ccccc1. The highest BCUT2D eigenvalue weighted by molar-refractivity contribution is 6.38. The van der Waals surface area contributed by atoms with Crippen LogP contribution in [0.4, 0.5) is 4.79 Å². The minimum Gasteiger partial charge on any atom is -0.445 e. The van der Waals surface area contributed by atoms with Crippen LogP contribution in [-0.4, -0.2) is 56.9 Å². The Morgan fingerprint density at radius 3 is 2.73 bits per heavy atom. The standard InChI is InChI=1S/C18H21N7O5/c26-14-12(8-4-5-9-19-17(14)28)20-16(27)13(15-22-24-25-23-15)21-18(29)30-10-11-6-2-1-3-7-11/h1-3,6-7,12-13H,4-5,8-10H2,(H,19,28)(H,20,27)(H,21,29)(H,22,23,24,25). The van der Waals surface area contributed by atoms with E-state index in [0.29, 0.717) is 25.8 Å². The first-order valence-electron chi connectivity index (χ1n) is 9.37. The zero-order chi connectivity index (χ0) is 21.3. The van der Waals surface area contributed by atoms with Crippen LogP contribution in [0.2, 0.25) is 0 Å². The van der Waals surface area contributed by atoms with Crippen molar-refractivity contribution in [1.82, 2.24) is 36.6 Å². The van der Waals surface area contributed by atoms with E-state index in [1.165, 1.54) is 0 Å². The molecule has 0 aliphatic carbocycles. The first-order valence-corrected chi connectivity index (χ1v) is 9.37. The molecule has 0 radical (unpaired) electrons. The van der Waals surface area contributed by atoms with E-state index in [4.69, 9.17) is 4.74 Å². The summed E-state index contributed by atoms with van der Waals surface area (Å²) in [5.41, 5.74) is 0.763. The molecule has 3 rings (SSSR count). The largest absolute Gasteiger partial charge is 0.445 e. The van der Waals surface area contributed by atoms with E-state index < -0.39 is 35.8 Å². The topological polar surface area (TPSA) is 168 Å². The fourth-order valence-electron chi connectivity index (χ4n) is 2.87. The zero-order valence-electron chi connectivity index (χ0n) is 16.0. The van der Waals surface area contributed by atoms with Gasteiger partial charge in [-0.1, -0.05) is 35.5 Å². The van der Waals surface area contributed by atoms with Crippen LogP contribution in [0.25, 0.3) is 0 Å². The van der Waals surface area contributed by atoms with Crippen LogP contribution in [0.15, 0.2) is 30.3 Å². The third kappa shape index (κ3) is 5.59. The van der Waals surface area contributed by atoms with Crippen molar-refractivity contribution in [2.45, 2.75) is 38.0 Å². The van der Waals surface area contributed by atoms with Crippen LogP contribution < -0.4 is 16.0 Å². The van der Waals surface area contributed by atoms with Crippen molar-refractivity contribution in [3.05, 3.63) is 41.7 Å². The van der Waals surface area contributed by atoms with E-state index >= 15 is 0 Å². The van der Waals surface area contributed by atoms with Gasteiger partial charge in [0.1, 0.15) is 6.61 Å². The number of amides is 3. The molecule has 3 amide bonds. The summed E-state index contributed by atoms with van der Waals surface area (Å²) in [6, 6.07) is 6.60. The van der Waals surface area contributed by atoms with Crippen molar-refractivity contribution in [3.63, 3.8) is 0 Å². The number of ether oxygens (including phenoxy) is 1. The number of hydrogen-bond acceptors (Lipinski definition) is 8. The Morgan fingerprint density at radius 1 is 1.20 bits per heavy atom. The smallest absolute Gasteiger partial charge is 0.408 e. The van der Waals surface area contributed by atoms with Gasteiger partial charge in [0, 0.05) is 6.54 Å². The van der Waals surface area contributed by atoms with Crippen molar-refractivity contribution < 1.29 is 23.9 Å². The number of benzene rings is 1. The average molecular weight is 415 g/mol. The first-order chi connectivity index (χ1) is 14.5. The molecule has 0 bridgehead atoms. The maximum Gasteiger partial charge on any atom is 0.408 e. The van der Waals surface area contributed by atoms with E-state index in [9.17, 15) is 19.2 Å². The lowest BCUT2D eigenvalue weighted by molar-refractivity contribution is -0.140. The van der Waals surface area contributed by atoms with Crippen LogP contribution in [0.5, 0.6) is 0 Å². The predicted octanol–water partition coefficient (Wildman–Crippen LogP) is -0.479. The summed E-state index contributed by atoms with van der Waals surface area (Å²) >= 11 is 0. The van der Waals surface area contributed by atoms with Gasteiger partial charge in [0.15, 0.2) is 6.04 Å². The first kappa shape index (κ1) is 20.9. The minimum absolute atomic E-state index is 0.00542. The molecule has 1 fully saturated rings. The maximum absolute atomic E-state index is 12.8. The molecule has 1 aliphatic rings.